The van der Waals surface area contributed by atoms with Gasteiger partial charge in [-0.1, -0.05) is 114 Å². The topological polar surface area (TPSA) is 20.2 Å². The molecule has 0 aliphatic rings. The minimum Gasteiger partial charge on any atom is -0.376 e. The van der Waals surface area contributed by atoms with Crippen molar-refractivity contribution >= 4 is 0 Å². The van der Waals surface area contributed by atoms with Gasteiger partial charge in [0.05, 0.1) is 0 Å². The summed E-state index contributed by atoms with van der Waals surface area (Å²) in [5, 5.41) is 11.0. The maximum Gasteiger partial charge on any atom is 0.141 e. The van der Waals surface area contributed by atoms with Gasteiger partial charge in [-0.15, -0.1) is 0 Å². The van der Waals surface area contributed by atoms with Crippen LogP contribution in [0.3, 0.4) is 0 Å². The molecule has 0 bridgehead atoms. The van der Waals surface area contributed by atoms with Crippen molar-refractivity contribution in [2.24, 2.45) is 0 Å². The van der Waals surface area contributed by atoms with Crippen molar-refractivity contribution in [3.63, 3.8) is 0 Å². The summed E-state index contributed by atoms with van der Waals surface area (Å²) >= 11 is 0. The van der Waals surface area contributed by atoms with Gasteiger partial charge in [0.1, 0.15) is 11.9 Å². The molecule has 0 saturated heterocycles. The van der Waals surface area contributed by atoms with Crippen LogP contribution >= 0.6 is 0 Å². The summed E-state index contributed by atoms with van der Waals surface area (Å²) in [6, 6.07) is 38.6. The van der Waals surface area contributed by atoms with Gasteiger partial charge in [-0.2, -0.15) is 0 Å². The highest BCUT2D eigenvalue weighted by atomic mass is 19.1. The standard InChI is InChI=1S/C39H23FO/c40-37-26-27-38(39(41)28-25-35-18-10-8-16-33(35)22-20-31-13-5-2-6-14-31)36(29-37)24-23-34-17-9-7-15-32(34)21-19-30-11-3-1-4-12-30/h1-18,26-27,29,39,41H. The summed E-state index contributed by atoms with van der Waals surface area (Å²) in [4.78, 5) is 0. The van der Waals surface area contributed by atoms with Crippen LogP contribution in [0.25, 0.3) is 0 Å². The Kier molecular flexibility index (Phi) is 8.73. The Bertz CT molecular complexity index is 1930. The van der Waals surface area contributed by atoms with E-state index >= 15 is 0 Å². The van der Waals surface area contributed by atoms with E-state index in [1.807, 2.05) is 109 Å². The third kappa shape index (κ3) is 7.42. The number of rotatable bonds is 1. The molecule has 0 aliphatic carbocycles. The smallest absolute Gasteiger partial charge is 0.141 e. The average Bonchev–Trinajstić information content (AvgIpc) is 3.02. The molecule has 0 saturated carbocycles. The largest absolute Gasteiger partial charge is 0.376 e. The van der Waals surface area contributed by atoms with Crippen molar-refractivity contribution in [1.82, 2.24) is 0 Å². The summed E-state index contributed by atoms with van der Waals surface area (Å²) in [6.07, 6.45) is -1.18. The molecular weight excluding hydrogens is 503 g/mol. The average molecular weight is 527 g/mol. The van der Waals surface area contributed by atoms with E-state index in [-0.39, 0.29) is 0 Å². The number of halogens is 1. The zero-order valence-electron chi connectivity index (χ0n) is 22.0. The van der Waals surface area contributed by atoms with Crippen LogP contribution in [-0.2, 0) is 0 Å². The summed E-state index contributed by atoms with van der Waals surface area (Å²) in [5.74, 6) is 24.2. The van der Waals surface area contributed by atoms with Gasteiger partial charge in [0.2, 0.25) is 0 Å². The number of hydrogen-bond acceptors (Lipinski definition) is 1. The molecule has 192 valence electrons. The highest BCUT2D eigenvalue weighted by Gasteiger charge is 2.10. The van der Waals surface area contributed by atoms with Crippen molar-refractivity contribution < 1.29 is 9.50 Å². The highest BCUT2D eigenvalue weighted by Crippen LogP contribution is 2.19. The fourth-order valence-electron chi connectivity index (χ4n) is 3.96. The number of benzene rings is 5. The van der Waals surface area contributed by atoms with Gasteiger partial charge in [0.25, 0.3) is 0 Å². The number of aliphatic hydroxyl groups is 1. The molecule has 41 heavy (non-hydrogen) atoms. The van der Waals surface area contributed by atoms with Crippen LogP contribution in [0.5, 0.6) is 0 Å². The second-order valence-corrected chi connectivity index (χ2v) is 8.98. The Balaban J connectivity index is 1.43. The van der Waals surface area contributed by atoms with E-state index in [9.17, 15) is 9.50 Å². The first kappa shape index (κ1) is 26.8. The Morgan fingerprint density at radius 2 is 0.854 bits per heavy atom. The van der Waals surface area contributed by atoms with Crippen molar-refractivity contribution in [2.45, 2.75) is 6.10 Å². The normalized spacial score (nSPS) is 10.3. The lowest BCUT2D eigenvalue weighted by Crippen LogP contribution is -1.99. The molecule has 0 aromatic heterocycles. The minimum absolute atomic E-state index is 0.356. The fraction of sp³-hybridized carbons (Fsp3) is 0.0256. The van der Waals surface area contributed by atoms with Crippen LogP contribution in [0.2, 0.25) is 0 Å². The first-order chi connectivity index (χ1) is 20.2. The summed E-state index contributed by atoms with van der Waals surface area (Å²) in [5.41, 5.74) is 5.49. The molecule has 0 fully saturated rings. The molecule has 0 spiro atoms. The Hall–Kier alpha value is -5.77. The molecule has 0 amide bonds. The zero-order chi connectivity index (χ0) is 28.3. The van der Waals surface area contributed by atoms with Crippen molar-refractivity contribution in [1.29, 1.82) is 0 Å². The second kappa shape index (κ2) is 13.3. The molecule has 2 heteroatoms. The van der Waals surface area contributed by atoms with Crippen LogP contribution in [0.15, 0.2) is 127 Å². The Labute approximate surface area is 240 Å². The van der Waals surface area contributed by atoms with Crippen LogP contribution in [-0.4, -0.2) is 5.11 Å². The maximum absolute atomic E-state index is 14.2. The van der Waals surface area contributed by atoms with Crippen molar-refractivity contribution in [3.8, 4) is 47.4 Å². The fourth-order valence-corrected chi connectivity index (χ4v) is 3.96. The van der Waals surface area contributed by atoms with Crippen LogP contribution in [0.4, 0.5) is 4.39 Å². The van der Waals surface area contributed by atoms with Crippen molar-refractivity contribution in [3.05, 3.63) is 178 Å². The maximum atomic E-state index is 14.2. The van der Waals surface area contributed by atoms with Crippen LogP contribution in [0, 0.1) is 53.2 Å². The number of aliphatic hydroxyl groups excluding tert-OH is 1. The molecule has 5 aromatic carbocycles. The first-order valence-electron chi connectivity index (χ1n) is 13.0. The van der Waals surface area contributed by atoms with Gasteiger partial charge >= 0.3 is 0 Å². The predicted molar refractivity (Wildman–Crippen MR) is 162 cm³/mol. The lowest BCUT2D eigenvalue weighted by molar-refractivity contribution is 0.238. The molecule has 5 aromatic rings. The van der Waals surface area contributed by atoms with Gasteiger partial charge in [-0.25, -0.2) is 4.39 Å². The summed E-state index contributed by atoms with van der Waals surface area (Å²) in [7, 11) is 0. The second-order valence-electron chi connectivity index (χ2n) is 8.98. The van der Waals surface area contributed by atoms with Crippen molar-refractivity contribution in [2.75, 3.05) is 0 Å². The third-order valence-electron chi connectivity index (χ3n) is 6.07. The summed E-state index contributed by atoms with van der Waals surface area (Å²) < 4.78 is 14.2. The molecule has 1 nitrogen and oxygen atoms in total. The Morgan fingerprint density at radius 3 is 1.37 bits per heavy atom. The molecule has 1 unspecified atom stereocenters. The molecular formula is C39H23FO. The Morgan fingerprint density at radius 1 is 0.439 bits per heavy atom. The van der Waals surface area contributed by atoms with Gasteiger partial charge in [-0.3, -0.25) is 0 Å². The SMILES string of the molecule is OC(C#Cc1ccccc1C#Cc1ccccc1)c1ccc(F)cc1C#Cc1ccccc1C#Cc1ccccc1. The lowest BCUT2D eigenvalue weighted by Gasteiger charge is -2.07. The van der Waals surface area contributed by atoms with E-state index in [2.05, 4.69) is 47.4 Å². The molecule has 0 radical (unpaired) electrons. The van der Waals surface area contributed by atoms with E-state index < -0.39 is 11.9 Å². The highest BCUT2D eigenvalue weighted by molar-refractivity contribution is 5.57. The summed E-state index contributed by atoms with van der Waals surface area (Å²) in [6.45, 7) is 0. The minimum atomic E-state index is -1.18. The van der Waals surface area contributed by atoms with Gasteiger partial charge < -0.3 is 5.11 Å². The molecule has 1 atom stereocenters. The molecule has 5 rings (SSSR count). The monoisotopic (exact) mass is 526 g/mol. The van der Waals surface area contributed by atoms with Gasteiger partial charge in [-0.05, 0) is 60.7 Å². The lowest BCUT2D eigenvalue weighted by atomic mass is 10.0. The molecule has 1 N–H and O–H groups in total. The van der Waals surface area contributed by atoms with E-state index in [1.165, 1.54) is 18.2 Å². The zero-order valence-corrected chi connectivity index (χ0v) is 22.0. The van der Waals surface area contributed by atoms with Crippen LogP contribution < -0.4 is 0 Å². The van der Waals surface area contributed by atoms with E-state index in [4.69, 9.17) is 0 Å². The van der Waals surface area contributed by atoms with Gasteiger partial charge in [0.15, 0.2) is 0 Å². The van der Waals surface area contributed by atoms with Gasteiger partial charge in [0, 0.05) is 44.5 Å². The van der Waals surface area contributed by atoms with Crippen LogP contribution in [0.1, 0.15) is 50.6 Å². The third-order valence-corrected chi connectivity index (χ3v) is 6.07. The van der Waals surface area contributed by atoms with E-state index in [0.717, 1.165) is 22.3 Å². The molecule has 0 aliphatic heterocycles. The number of hydrogen-bond donors (Lipinski definition) is 1. The van der Waals surface area contributed by atoms with E-state index in [0.29, 0.717) is 22.3 Å². The van der Waals surface area contributed by atoms with E-state index in [1.54, 1.807) is 0 Å². The predicted octanol–water partition coefficient (Wildman–Crippen LogP) is 7.11. The first-order valence-corrected chi connectivity index (χ1v) is 13.0. The quantitative estimate of drug-likeness (QED) is 0.231. The molecule has 0 heterocycles.